The summed E-state index contributed by atoms with van der Waals surface area (Å²) < 4.78 is 4.66. The molecule has 1 rings (SSSR count). The van der Waals surface area contributed by atoms with Gasteiger partial charge in [-0.2, -0.15) is 0 Å². The Balaban J connectivity index is 2.87. The summed E-state index contributed by atoms with van der Waals surface area (Å²) in [6.45, 7) is 0. The van der Waals surface area contributed by atoms with Crippen LogP contribution < -0.4 is 5.73 Å². The van der Waals surface area contributed by atoms with Gasteiger partial charge in [0, 0.05) is 0 Å². The van der Waals surface area contributed by atoms with Crippen LogP contribution in [0.25, 0.3) is 0 Å². The number of primary amides is 1. The maximum absolute atomic E-state index is 10.5. The van der Waals surface area contributed by atoms with Crippen molar-refractivity contribution in [2.75, 3.05) is 0 Å². The molecule has 82 valence electrons. The van der Waals surface area contributed by atoms with Crippen molar-refractivity contribution in [2.45, 2.75) is 12.2 Å². The van der Waals surface area contributed by atoms with Crippen LogP contribution in [0.5, 0.6) is 0 Å². The van der Waals surface area contributed by atoms with Gasteiger partial charge in [-0.25, -0.2) is 4.79 Å². The molecule has 0 aliphatic heterocycles. The zero-order valence-electron chi connectivity index (χ0n) is 7.45. The van der Waals surface area contributed by atoms with E-state index >= 15 is 0 Å². The van der Waals surface area contributed by atoms with Crippen molar-refractivity contribution in [3.05, 3.63) is 23.7 Å². The highest BCUT2D eigenvalue weighted by molar-refractivity contribution is 5.84. The number of carbonyl (C=O) groups excluding carboxylic acids is 1. The van der Waals surface area contributed by atoms with Crippen LogP contribution in [0.3, 0.4) is 0 Å². The summed E-state index contributed by atoms with van der Waals surface area (Å²) in [6.07, 6.45) is -3.51. The van der Waals surface area contributed by atoms with Gasteiger partial charge in [-0.1, -0.05) is 0 Å². The Bertz CT molecular complexity index is 384. The molecule has 2 unspecified atom stereocenters. The minimum absolute atomic E-state index is 0.237. The fourth-order valence-electron chi connectivity index (χ4n) is 0.938. The third-order valence-corrected chi connectivity index (χ3v) is 1.72. The van der Waals surface area contributed by atoms with Crippen LogP contribution in [0.4, 0.5) is 0 Å². The number of carbonyl (C=O) groups is 2. The SMILES string of the molecule is NC(=O)C(O)C(O)c1ccc(C(=O)O)o1. The minimum atomic E-state index is -1.84. The molecule has 7 nitrogen and oxygen atoms in total. The number of hydrogen-bond donors (Lipinski definition) is 4. The van der Waals surface area contributed by atoms with E-state index in [4.69, 9.17) is 15.9 Å². The topological polar surface area (TPSA) is 134 Å². The molecule has 1 aromatic heterocycles. The molecule has 1 aromatic rings. The smallest absolute Gasteiger partial charge is 0.371 e. The molecule has 0 saturated heterocycles. The average molecular weight is 215 g/mol. The molecule has 7 heteroatoms. The van der Waals surface area contributed by atoms with Gasteiger partial charge in [0.15, 0.2) is 6.10 Å². The number of aliphatic hydroxyl groups excluding tert-OH is 2. The summed E-state index contributed by atoms with van der Waals surface area (Å²) in [7, 11) is 0. The highest BCUT2D eigenvalue weighted by Crippen LogP contribution is 2.19. The van der Waals surface area contributed by atoms with Gasteiger partial charge in [0.25, 0.3) is 0 Å². The molecular weight excluding hydrogens is 206 g/mol. The summed E-state index contributed by atoms with van der Waals surface area (Å²) in [4.78, 5) is 20.9. The summed E-state index contributed by atoms with van der Waals surface area (Å²) in [5.74, 6) is -3.09. The third-order valence-electron chi connectivity index (χ3n) is 1.72. The molecule has 0 radical (unpaired) electrons. The fourth-order valence-corrected chi connectivity index (χ4v) is 0.938. The van der Waals surface area contributed by atoms with Crippen LogP contribution in [-0.4, -0.2) is 33.3 Å². The molecular formula is C8H9NO6. The quantitative estimate of drug-likeness (QED) is 0.501. The monoisotopic (exact) mass is 215 g/mol. The second-order valence-corrected chi connectivity index (χ2v) is 2.80. The molecule has 2 atom stereocenters. The molecule has 0 aliphatic carbocycles. The van der Waals surface area contributed by atoms with Gasteiger partial charge in [0.05, 0.1) is 0 Å². The number of carboxylic acids is 1. The second-order valence-electron chi connectivity index (χ2n) is 2.80. The van der Waals surface area contributed by atoms with Crippen LogP contribution in [0.15, 0.2) is 16.5 Å². The van der Waals surface area contributed by atoms with Gasteiger partial charge in [0.1, 0.15) is 11.9 Å². The Labute approximate surface area is 83.7 Å². The Morgan fingerprint density at radius 3 is 2.33 bits per heavy atom. The van der Waals surface area contributed by atoms with Crippen LogP contribution >= 0.6 is 0 Å². The number of rotatable bonds is 4. The summed E-state index contributed by atoms with van der Waals surface area (Å²) in [5, 5.41) is 26.9. The first-order valence-electron chi connectivity index (χ1n) is 3.92. The molecule has 0 bridgehead atoms. The van der Waals surface area contributed by atoms with Gasteiger partial charge >= 0.3 is 5.97 Å². The van der Waals surface area contributed by atoms with Crippen molar-refractivity contribution in [1.82, 2.24) is 0 Å². The summed E-state index contributed by atoms with van der Waals surface area (Å²) >= 11 is 0. The number of aliphatic hydroxyl groups is 2. The van der Waals surface area contributed by atoms with Crippen molar-refractivity contribution >= 4 is 11.9 Å². The first-order valence-corrected chi connectivity index (χ1v) is 3.92. The van der Waals surface area contributed by atoms with E-state index in [0.717, 1.165) is 12.1 Å². The van der Waals surface area contributed by atoms with E-state index in [1.807, 2.05) is 0 Å². The number of carboxylic acid groups (broad SMARTS) is 1. The molecule has 0 saturated carbocycles. The van der Waals surface area contributed by atoms with E-state index in [1.54, 1.807) is 0 Å². The van der Waals surface area contributed by atoms with E-state index in [2.05, 4.69) is 4.42 Å². The lowest BCUT2D eigenvalue weighted by molar-refractivity contribution is -0.132. The average Bonchev–Trinajstić information content (AvgIpc) is 2.64. The maximum atomic E-state index is 10.5. The molecule has 5 N–H and O–H groups in total. The van der Waals surface area contributed by atoms with Crippen LogP contribution in [0, 0.1) is 0 Å². The highest BCUT2D eigenvalue weighted by Gasteiger charge is 2.26. The normalized spacial score (nSPS) is 14.5. The number of amides is 1. The third kappa shape index (κ3) is 2.33. The van der Waals surface area contributed by atoms with Crippen LogP contribution in [0.2, 0.25) is 0 Å². The molecule has 1 amide bonds. The van der Waals surface area contributed by atoms with E-state index in [-0.39, 0.29) is 5.76 Å². The van der Waals surface area contributed by atoms with E-state index in [1.165, 1.54) is 0 Å². The number of hydrogen-bond acceptors (Lipinski definition) is 5. The van der Waals surface area contributed by atoms with E-state index in [9.17, 15) is 14.7 Å². The number of furan rings is 1. The van der Waals surface area contributed by atoms with Gasteiger partial charge in [-0.05, 0) is 12.1 Å². The molecule has 0 fully saturated rings. The van der Waals surface area contributed by atoms with E-state index in [0.29, 0.717) is 0 Å². The lowest BCUT2D eigenvalue weighted by Gasteiger charge is -2.11. The largest absolute Gasteiger partial charge is 0.475 e. The second kappa shape index (κ2) is 4.11. The van der Waals surface area contributed by atoms with Crippen molar-refractivity contribution in [2.24, 2.45) is 5.73 Å². The van der Waals surface area contributed by atoms with Gasteiger partial charge in [-0.15, -0.1) is 0 Å². The Morgan fingerprint density at radius 2 is 1.93 bits per heavy atom. The van der Waals surface area contributed by atoms with Gasteiger partial charge in [0.2, 0.25) is 11.7 Å². The predicted octanol–water partition coefficient (Wildman–Crippen LogP) is -1.14. The first-order chi connectivity index (χ1) is 6.93. The number of nitrogens with two attached hydrogens (primary N) is 1. The van der Waals surface area contributed by atoms with Gasteiger partial charge < -0.3 is 25.5 Å². The molecule has 0 spiro atoms. The Hall–Kier alpha value is -1.86. The first kappa shape index (κ1) is 11.2. The van der Waals surface area contributed by atoms with Crippen molar-refractivity contribution in [3.63, 3.8) is 0 Å². The van der Waals surface area contributed by atoms with Crippen molar-refractivity contribution < 1.29 is 29.3 Å². The van der Waals surface area contributed by atoms with Crippen molar-refractivity contribution in [1.29, 1.82) is 0 Å². The van der Waals surface area contributed by atoms with Crippen molar-refractivity contribution in [3.8, 4) is 0 Å². The lowest BCUT2D eigenvalue weighted by atomic mass is 10.1. The highest BCUT2D eigenvalue weighted by atomic mass is 16.4. The summed E-state index contributed by atoms with van der Waals surface area (Å²) in [6, 6.07) is 2.23. The standard InChI is InChI=1S/C8H9NO6/c9-7(12)6(11)5(10)3-1-2-4(15-3)8(13)14/h1-2,5-6,10-11H,(H2,9,12)(H,13,14). The molecule has 1 heterocycles. The fraction of sp³-hybridized carbons (Fsp3) is 0.250. The van der Waals surface area contributed by atoms with Gasteiger partial charge in [-0.3, -0.25) is 4.79 Å². The predicted molar refractivity (Wildman–Crippen MR) is 45.8 cm³/mol. The van der Waals surface area contributed by atoms with Crippen LogP contribution in [0.1, 0.15) is 22.4 Å². The minimum Gasteiger partial charge on any atom is -0.475 e. The zero-order chi connectivity index (χ0) is 11.6. The molecule has 0 aliphatic rings. The van der Waals surface area contributed by atoms with E-state index < -0.39 is 29.8 Å². The Kier molecular flexibility index (Phi) is 3.08. The zero-order valence-corrected chi connectivity index (χ0v) is 7.45. The molecule has 15 heavy (non-hydrogen) atoms. The summed E-state index contributed by atoms with van der Waals surface area (Å²) in [5.41, 5.74) is 4.73. The van der Waals surface area contributed by atoms with Crippen LogP contribution in [-0.2, 0) is 4.79 Å². The Morgan fingerprint density at radius 1 is 1.33 bits per heavy atom. The number of aromatic carboxylic acids is 1. The maximum Gasteiger partial charge on any atom is 0.371 e. The molecule has 0 aromatic carbocycles. The lowest BCUT2D eigenvalue weighted by Crippen LogP contribution is -2.33.